The lowest BCUT2D eigenvalue weighted by Gasteiger charge is -2.11. The Labute approximate surface area is 190 Å². The molecule has 0 aliphatic heterocycles. The van der Waals surface area contributed by atoms with Crippen molar-refractivity contribution in [2.75, 3.05) is 0 Å². The maximum Gasteiger partial charge on any atom is 0.220 e. The van der Waals surface area contributed by atoms with E-state index in [-0.39, 0.29) is 0 Å². The number of nitrogens with zero attached hydrogens (tertiary/aromatic N) is 4. The van der Waals surface area contributed by atoms with Gasteiger partial charge in [0.2, 0.25) is 6.20 Å². The second-order valence-corrected chi connectivity index (χ2v) is 9.59. The van der Waals surface area contributed by atoms with Crippen molar-refractivity contribution in [2.24, 2.45) is 7.05 Å². The number of rotatable bonds is 3. The van der Waals surface area contributed by atoms with Crippen LogP contribution in [0, 0.1) is 12.3 Å². The molecule has 6 nitrogen and oxygen atoms in total. The summed E-state index contributed by atoms with van der Waals surface area (Å²) in [6.07, 6.45) is 11.1. The van der Waals surface area contributed by atoms with E-state index < -0.39 is 0 Å². The highest BCUT2D eigenvalue weighted by Gasteiger charge is 2.48. The van der Waals surface area contributed by atoms with Gasteiger partial charge < -0.3 is 9.13 Å². The second kappa shape index (κ2) is 6.29. The average molecular weight is 434 g/mol. The van der Waals surface area contributed by atoms with Gasteiger partial charge in [-0.15, -0.1) is 11.1 Å². The molecular formula is C27H25N6+. The molecule has 1 aliphatic carbocycles. The predicted octanol–water partition coefficient (Wildman–Crippen LogP) is 5.07. The first-order chi connectivity index (χ1) is 16.1. The molecule has 7 rings (SSSR count). The molecule has 0 spiro atoms. The van der Waals surface area contributed by atoms with Crippen LogP contribution in [-0.2, 0) is 7.05 Å². The summed E-state index contributed by atoms with van der Waals surface area (Å²) in [6.45, 7) is 4.44. The number of aromatic amines is 2. The Morgan fingerprint density at radius 3 is 2.82 bits per heavy atom. The largest absolute Gasteiger partial charge is 0.341 e. The standard InChI is InChI=1S/C27H24N6/c1-5-16-7-6-8-19-26-24(33(15(2)3)27(16)19)14-32(30-26)22-12-20(22)17-9-10-18-21(11-17)31(4)23-13-28-29-25(18)23/h1,6-11,13-15,20,22H,12H2,2-4H3,(H,28,29)/p+1. The van der Waals surface area contributed by atoms with Crippen LogP contribution in [0.5, 0.6) is 0 Å². The molecule has 0 amide bonds. The highest BCUT2D eigenvalue weighted by atomic mass is 15.3. The van der Waals surface area contributed by atoms with Gasteiger partial charge >= 0.3 is 0 Å². The van der Waals surface area contributed by atoms with Gasteiger partial charge in [-0.25, -0.2) is 0 Å². The van der Waals surface area contributed by atoms with Crippen LogP contribution in [0.4, 0.5) is 0 Å². The zero-order valence-electron chi connectivity index (χ0n) is 18.9. The number of aromatic nitrogens is 6. The van der Waals surface area contributed by atoms with Gasteiger partial charge in [-0.2, -0.15) is 10.2 Å². The zero-order chi connectivity index (χ0) is 22.4. The van der Waals surface area contributed by atoms with Crippen LogP contribution < -0.4 is 4.68 Å². The van der Waals surface area contributed by atoms with Crippen LogP contribution in [-0.4, -0.2) is 24.4 Å². The molecule has 2 atom stereocenters. The highest BCUT2D eigenvalue weighted by Crippen LogP contribution is 2.49. The first kappa shape index (κ1) is 18.6. The fourth-order valence-corrected chi connectivity index (χ4v) is 5.73. The number of fused-ring (bicyclic) bond motifs is 6. The van der Waals surface area contributed by atoms with E-state index in [2.05, 4.69) is 92.5 Å². The van der Waals surface area contributed by atoms with E-state index in [1.165, 1.54) is 32.9 Å². The molecule has 2 aromatic carbocycles. The Kier molecular flexibility index (Phi) is 3.54. The molecule has 6 aromatic rings. The molecule has 162 valence electrons. The molecule has 0 bridgehead atoms. The van der Waals surface area contributed by atoms with Crippen LogP contribution in [0.3, 0.4) is 0 Å². The monoisotopic (exact) mass is 433 g/mol. The van der Waals surface area contributed by atoms with Crippen molar-refractivity contribution in [3.8, 4) is 12.3 Å². The number of H-pyrrole nitrogens is 2. The van der Waals surface area contributed by atoms with Gasteiger partial charge in [0, 0.05) is 35.8 Å². The van der Waals surface area contributed by atoms with E-state index in [1.54, 1.807) is 0 Å². The molecule has 1 saturated carbocycles. The molecule has 33 heavy (non-hydrogen) atoms. The van der Waals surface area contributed by atoms with Gasteiger partial charge in [-0.3, -0.25) is 5.10 Å². The number of para-hydroxylation sites is 1. The van der Waals surface area contributed by atoms with E-state index in [0.29, 0.717) is 18.0 Å². The summed E-state index contributed by atoms with van der Waals surface area (Å²) in [5, 5.41) is 13.5. The van der Waals surface area contributed by atoms with E-state index in [4.69, 9.17) is 6.42 Å². The molecule has 0 saturated heterocycles. The van der Waals surface area contributed by atoms with E-state index in [1.807, 2.05) is 12.3 Å². The highest BCUT2D eigenvalue weighted by molar-refractivity contribution is 6.07. The Balaban J connectivity index is 1.31. The average Bonchev–Trinajstić information content (AvgIpc) is 3.12. The molecule has 0 radical (unpaired) electrons. The van der Waals surface area contributed by atoms with E-state index in [9.17, 15) is 0 Å². The second-order valence-electron chi connectivity index (χ2n) is 9.59. The van der Waals surface area contributed by atoms with Crippen molar-refractivity contribution in [3.63, 3.8) is 0 Å². The number of hydrogen-bond acceptors (Lipinski definition) is 1. The number of nitrogens with one attached hydrogen (secondary N) is 2. The lowest BCUT2D eigenvalue weighted by Crippen LogP contribution is -2.34. The van der Waals surface area contributed by atoms with E-state index in [0.717, 1.165) is 28.5 Å². The third-order valence-corrected chi connectivity index (χ3v) is 7.41. The van der Waals surface area contributed by atoms with Crippen molar-refractivity contribution in [1.29, 1.82) is 0 Å². The molecule has 2 N–H and O–H groups in total. The predicted molar refractivity (Wildman–Crippen MR) is 131 cm³/mol. The lowest BCUT2D eigenvalue weighted by molar-refractivity contribution is -0.752. The molecule has 4 aromatic heterocycles. The number of hydrogen-bond donors (Lipinski definition) is 2. The fraction of sp³-hybridized carbons (Fsp3) is 0.259. The smallest absolute Gasteiger partial charge is 0.220 e. The number of benzene rings is 2. The van der Waals surface area contributed by atoms with Gasteiger partial charge in [-0.1, -0.05) is 30.2 Å². The Morgan fingerprint density at radius 1 is 1.12 bits per heavy atom. The van der Waals surface area contributed by atoms with Gasteiger partial charge in [0.25, 0.3) is 0 Å². The SMILES string of the molecule is C#Cc1cccc2c3[nH][n+](C4CC4c4ccc5c6[nH]ncc6n(C)c5c4)cc3n(C(C)C)c12. The maximum absolute atomic E-state index is 5.83. The van der Waals surface area contributed by atoms with Crippen LogP contribution in [0.15, 0.2) is 48.8 Å². The van der Waals surface area contributed by atoms with Crippen molar-refractivity contribution in [2.45, 2.75) is 38.3 Å². The summed E-state index contributed by atoms with van der Waals surface area (Å²) in [4.78, 5) is 0. The van der Waals surface area contributed by atoms with Gasteiger partial charge in [0.1, 0.15) is 11.0 Å². The zero-order valence-corrected chi connectivity index (χ0v) is 18.9. The van der Waals surface area contributed by atoms with Crippen LogP contribution in [0.1, 0.15) is 49.4 Å². The topological polar surface area (TPSA) is 58.2 Å². The molecule has 6 heteroatoms. The first-order valence-electron chi connectivity index (χ1n) is 11.5. The van der Waals surface area contributed by atoms with Gasteiger partial charge in [-0.05, 0) is 31.5 Å². The Morgan fingerprint density at radius 2 is 2.00 bits per heavy atom. The third-order valence-electron chi connectivity index (χ3n) is 7.41. The van der Waals surface area contributed by atoms with Crippen LogP contribution >= 0.6 is 0 Å². The maximum atomic E-state index is 5.83. The number of aryl methyl sites for hydroxylation is 1. The molecule has 1 fully saturated rings. The minimum atomic E-state index is 0.317. The van der Waals surface area contributed by atoms with Crippen molar-refractivity contribution < 1.29 is 4.68 Å². The van der Waals surface area contributed by atoms with Crippen molar-refractivity contribution in [1.82, 2.24) is 24.4 Å². The fourth-order valence-electron chi connectivity index (χ4n) is 5.73. The molecule has 2 unspecified atom stereocenters. The first-order valence-corrected chi connectivity index (χ1v) is 11.5. The molecule has 1 aliphatic rings. The van der Waals surface area contributed by atoms with Crippen LogP contribution in [0.25, 0.3) is 43.9 Å². The lowest BCUT2D eigenvalue weighted by atomic mass is 10.1. The summed E-state index contributed by atoms with van der Waals surface area (Å²) >= 11 is 0. The Bertz CT molecular complexity index is 1760. The summed E-state index contributed by atoms with van der Waals surface area (Å²) < 4.78 is 6.90. The minimum Gasteiger partial charge on any atom is -0.341 e. The van der Waals surface area contributed by atoms with Crippen molar-refractivity contribution in [3.05, 3.63) is 59.9 Å². The Hall–Kier alpha value is -3.98. The van der Waals surface area contributed by atoms with Gasteiger partial charge in [0.15, 0.2) is 6.04 Å². The molecular weight excluding hydrogens is 408 g/mol. The minimum absolute atomic E-state index is 0.317. The normalized spacial score (nSPS) is 18.3. The van der Waals surface area contributed by atoms with Gasteiger partial charge in [0.05, 0.1) is 34.2 Å². The van der Waals surface area contributed by atoms with E-state index >= 15 is 0 Å². The molecule has 4 heterocycles. The summed E-state index contributed by atoms with van der Waals surface area (Å²) in [5.74, 6) is 3.38. The van der Waals surface area contributed by atoms with Crippen LogP contribution in [0.2, 0.25) is 0 Å². The quantitative estimate of drug-likeness (QED) is 0.297. The summed E-state index contributed by atoms with van der Waals surface area (Å²) in [7, 11) is 2.11. The summed E-state index contributed by atoms with van der Waals surface area (Å²) in [5.41, 5.74) is 9.38. The van der Waals surface area contributed by atoms with Crippen molar-refractivity contribution >= 4 is 43.9 Å². The number of terminal acetylenes is 1. The summed E-state index contributed by atoms with van der Waals surface area (Å²) in [6, 6.07) is 13.9. The third kappa shape index (κ3) is 2.39.